The highest BCUT2D eigenvalue weighted by Gasteiger charge is 2.09. The van der Waals surface area contributed by atoms with E-state index in [4.69, 9.17) is 10.8 Å². The van der Waals surface area contributed by atoms with Crippen molar-refractivity contribution in [3.8, 4) is 0 Å². The Morgan fingerprint density at radius 1 is 1.32 bits per heavy atom. The molecule has 0 saturated carbocycles. The van der Waals surface area contributed by atoms with E-state index in [1.54, 1.807) is 24.3 Å². The summed E-state index contributed by atoms with van der Waals surface area (Å²) < 4.78 is 0. The van der Waals surface area contributed by atoms with E-state index in [2.05, 4.69) is 5.32 Å². The van der Waals surface area contributed by atoms with Crippen molar-refractivity contribution in [2.45, 2.75) is 38.6 Å². The Hall–Kier alpha value is -1.88. The summed E-state index contributed by atoms with van der Waals surface area (Å²) in [6, 6.07) is 6.66. The van der Waals surface area contributed by atoms with Crippen molar-refractivity contribution in [3.05, 3.63) is 29.8 Å². The molecule has 0 bridgehead atoms. The van der Waals surface area contributed by atoms with Crippen molar-refractivity contribution >= 4 is 17.6 Å². The molecule has 5 heteroatoms. The van der Waals surface area contributed by atoms with Gasteiger partial charge in [-0.15, -0.1) is 0 Å². The minimum Gasteiger partial charge on any atom is -0.481 e. The second kappa shape index (κ2) is 7.53. The fourth-order valence-corrected chi connectivity index (χ4v) is 1.80. The van der Waals surface area contributed by atoms with Gasteiger partial charge in [0.15, 0.2) is 0 Å². The standard InChI is InChI=1S/C14H20N2O3/c1-2-3-11(15)9-13(17)16-12-6-4-10(5-7-12)8-14(18)19/h4-7,11H,2-3,8-9,15H2,1H3,(H,16,17)(H,18,19). The summed E-state index contributed by atoms with van der Waals surface area (Å²) in [7, 11) is 0. The summed E-state index contributed by atoms with van der Waals surface area (Å²) in [6.45, 7) is 2.03. The molecular formula is C14H20N2O3. The van der Waals surface area contributed by atoms with Gasteiger partial charge in [-0.3, -0.25) is 9.59 Å². The van der Waals surface area contributed by atoms with Crippen molar-refractivity contribution < 1.29 is 14.7 Å². The normalized spacial score (nSPS) is 11.9. The largest absolute Gasteiger partial charge is 0.481 e. The van der Waals surface area contributed by atoms with Gasteiger partial charge in [0.25, 0.3) is 0 Å². The van der Waals surface area contributed by atoms with Crippen LogP contribution in [0.3, 0.4) is 0 Å². The average Bonchev–Trinajstić information content (AvgIpc) is 2.31. The first-order valence-corrected chi connectivity index (χ1v) is 6.37. The topological polar surface area (TPSA) is 92.4 Å². The molecule has 0 fully saturated rings. The van der Waals surface area contributed by atoms with E-state index >= 15 is 0 Å². The van der Waals surface area contributed by atoms with Gasteiger partial charge in [-0.25, -0.2) is 0 Å². The van der Waals surface area contributed by atoms with Gasteiger partial charge in [-0.05, 0) is 24.1 Å². The summed E-state index contributed by atoms with van der Waals surface area (Å²) in [6.07, 6.45) is 2.06. The number of nitrogens with two attached hydrogens (primary N) is 1. The molecule has 19 heavy (non-hydrogen) atoms. The predicted octanol–water partition coefficient (Wildman–Crippen LogP) is 1.77. The number of amides is 1. The second-order valence-electron chi connectivity index (χ2n) is 4.57. The Morgan fingerprint density at radius 3 is 2.47 bits per heavy atom. The number of carbonyl (C=O) groups is 2. The molecule has 5 nitrogen and oxygen atoms in total. The minimum atomic E-state index is -0.873. The molecule has 0 radical (unpaired) electrons. The molecule has 4 N–H and O–H groups in total. The number of hydrogen-bond donors (Lipinski definition) is 3. The summed E-state index contributed by atoms with van der Waals surface area (Å²) in [5.74, 6) is -0.991. The zero-order chi connectivity index (χ0) is 14.3. The molecule has 0 saturated heterocycles. The molecule has 0 aliphatic rings. The number of carboxylic acid groups (broad SMARTS) is 1. The first-order valence-electron chi connectivity index (χ1n) is 6.37. The lowest BCUT2D eigenvalue weighted by molar-refractivity contribution is -0.136. The molecule has 1 amide bonds. The second-order valence-corrected chi connectivity index (χ2v) is 4.57. The number of carbonyl (C=O) groups excluding carboxylic acids is 1. The molecule has 0 heterocycles. The van der Waals surface area contributed by atoms with Gasteiger partial charge in [0.1, 0.15) is 0 Å². The first kappa shape index (κ1) is 15.2. The molecule has 1 aromatic rings. The Labute approximate surface area is 112 Å². The molecule has 1 rings (SSSR count). The Bertz CT molecular complexity index is 429. The van der Waals surface area contributed by atoms with E-state index < -0.39 is 5.97 Å². The number of hydrogen-bond acceptors (Lipinski definition) is 3. The van der Waals surface area contributed by atoms with Gasteiger partial charge in [0, 0.05) is 18.2 Å². The summed E-state index contributed by atoms with van der Waals surface area (Å²) in [4.78, 5) is 22.2. The third-order valence-electron chi connectivity index (χ3n) is 2.70. The van der Waals surface area contributed by atoms with Gasteiger partial charge in [0.05, 0.1) is 6.42 Å². The molecule has 1 unspecified atom stereocenters. The van der Waals surface area contributed by atoms with E-state index in [0.717, 1.165) is 12.8 Å². The van der Waals surface area contributed by atoms with E-state index in [9.17, 15) is 9.59 Å². The van der Waals surface area contributed by atoms with Crippen LogP contribution in [0.5, 0.6) is 0 Å². The monoisotopic (exact) mass is 264 g/mol. The quantitative estimate of drug-likeness (QED) is 0.699. The molecule has 0 aliphatic heterocycles. The SMILES string of the molecule is CCCC(N)CC(=O)Nc1ccc(CC(=O)O)cc1. The molecule has 1 atom stereocenters. The Morgan fingerprint density at radius 2 is 1.95 bits per heavy atom. The average molecular weight is 264 g/mol. The number of rotatable bonds is 7. The minimum absolute atomic E-state index is 0.0183. The van der Waals surface area contributed by atoms with E-state index in [-0.39, 0.29) is 18.4 Å². The zero-order valence-corrected chi connectivity index (χ0v) is 11.1. The van der Waals surface area contributed by atoms with Gasteiger partial charge in [0.2, 0.25) is 5.91 Å². The Balaban J connectivity index is 2.48. The van der Waals surface area contributed by atoms with Gasteiger partial charge < -0.3 is 16.2 Å². The molecule has 0 spiro atoms. The van der Waals surface area contributed by atoms with Crippen LogP contribution in [0.25, 0.3) is 0 Å². The lowest BCUT2D eigenvalue weighted by atomic mass is 10.1. The summed E-state index contributed by atoms with van der Waals surface area (Å²) in [5.41, 5.74) is 7.15. The van der Waals surface area contributed by atoms with Crippen LogP contribution < -0.4 is 11.1 Å². The van der Waals surface area contributed by atoms with E-state index in [0.29, 0.717) is 17.7 Å². The first-order chi connectivity index (χ1) is 9.01. The maximum Gasteiger partial charge on any atom is 0.307 e. The molecule has 104 valence electrons. The van der Waals surface area contributed by atoms with Crippen LogP contribution in [-0.2, 0) is 16.0 Å². The van der Waals surface area contributed by atoms with Crippen molar-refractivity contribution in [2.24, 2.45) is 5.73 Å². The maximum atomic E-state index is 11.7. The summed E-state index contributed by atoms with van der Waals surface area (Å²) in [5, 5.41) is 11.4. The number of benzene rings is 1. The fourth-order valence-electron chi connectivity index (χ4n) is 1.80. The third kappa shape index (κ3) is 6.01. The van der Waals surface area contributed by atoms with Crippen LogP contribution in [-0.4, -0.2) is 23.0 Å². The fraction of sp³-hybridized carbons (Fsp3) is 0.429. The maximum absolute atomic E-state index is 11.7. The van der Waals surface area contributed by atoms with Gasteiger partial charge in [-0.1, -0.05) is 25.5 Å². The van der Waals surface area contributed by atoms with E-state index in [1.807, 2.05) is 6.92 Å². The molecule has 1 aromatic carbocycles. The lowest BCUT2D eigenvalue weighted by Gasteiger charge is -2.10. The van der Waals surface area contributed by atoms with Crippen LogP contribution in [0.4, 0.5) is 5.69 Å². The van der Waals surface area contributed by atoms with Gasteiger partial charge in [-0.2, -0.15) is 0 Å². The summed E-state index contributed by atoms with van der Waals surface area (Å²) >= 11 is 0. The third-order valence-corrected chi connectivity index (χ3v) is 2.70. The van der Waals surface area contributed by atoms with Gasteiger partial charge >= 0.3 is 5.97 Å². The van der Waals surface area contributed by atoms with Crippen molar-refractivity contribution in [1.29, 1.82) is 0 Å². The highest BCUT2D eigenvalue weighted by atomic mass is 16.4. The zero-order valence-electron chi connectivity index (χ0n) is 11.1. The molecule has 0 aliphatic carbocycles. The van der Waals surface area contributed by atoms with Crippen molar-refractivity contribution in [1.82, 2.24) is 0 Å². The highest BCUT2D eigenvalue weighted by molar-refractivity contribution is 5.91. The smallest absolute Gasteiger partial charge is 0.307 e. The number of nitrogens with one attached hydrogen (secondary N) is 1. The van der Waals surface area contributed by atoms with Crippen LogP contribution in [0, 0.1) is 0 Å². The number of aliphatic carboxylic acids is 1. The lowest BCUT2D eigenvalue weighted by Crippen LogP contribution is -2.26. The highest BCUT2D eigenvalue weighted by Crippen LogP contribution is 2.11. The number of carboxylic acids is 1. The van der Waals surface area contributed by atoms with E-state index in [1.165, 1.54) is 0 Å². The van der Waals surface area contributed by atoms with Crippen molar-refractivity contribution in [3.63, 3.8) is 0 Å². The predicted molar refractivity (Wildman–Crippen MR) is 73.9 cm³/mol. The van der Waals surface area contributed by atoms with Crippen molar-refractivity contribution in [2.75, 3.05) is 5.32 Å². The molecule has 0 aromatic heterocycles. The van der Waals surface area contributed by atoms with Crippen LogP contribution in [0.15, 0.2) is 24.3 Å². The van der Waals surface area contributed by atoms with Crippen LogP contribution in [0.1, 0.15) is 31.7 Å². The number of anilines is 1. The van der Waals surface area contributed by atoms with Crippen LogP contribution in [0.2, 0.25) is 0 Å². The Kier molecular flexibility index (Phi) is 6.02. The molecular weight excluding hydrogens is 244 g/mol. The van der Waals surface area contributed by atoms with Crippen LogP contribution >= 0.6 is 0 Å².